The Morgan fingerprint density at radius 2 is 1.86 bits per heavy atom. The lowest BCUT2D eigenvalue weighted by molar-refractivity contribution is -0.123. The topological polar surface area (TPSA) is 59.9 Å². The summed E-state index contributed by atoms with van der Waals surface area (Å²) in [5.41, 5.74) is 3.09. The van der Waals surface area contributed by atoms with E-state index in [0.717, 1.165) is 5.56 Å². The molecule has 0 fully saturated rings. The monoisotopic (exact) mass is 318 g/mol. The third-order valence-corrected chi connectivity index (χ3v) is 3.07. The Labute approximate surface area is 133 Å². The lowest BCUT2D eigenvalue weighted by atomic mass is 10.2. The normalized spacial score (nSPS) is 10.5. The zero-order valence-electron chi connectivity index (χ0n) is 12.0. The molecule has 1 amide bonds. The molecule has 0 radical (unpaired) electrons. The molecule has 22 heavy (non-hydrogen) atoms. The van der Waals surface area contributed by atoms with Crippen molar-refractivity contribution in [2.75, 3.05) is 13.7 Å². The van der Waals surface area contributed by atoms with Crippen molar-refractivity contribution in [3.05, 3.63) is 59.1 Å². The number of hydrogen-bond donors (Lipinski definition) is 1. The van der Waals surface area contributed by atoms with Gasteiger partial charge in [-0.25, -0.2) is 5.43 Å². The summed E-state index contributed by atoms with van der Waals surface area (Å²) in [6.45, 7) is -0.166. The zero-order valence-corrected chi connectivity index (χ0v) is 12.7. The van der Waals surface area contributed by atoms with Crippen LogP contribution >= 0.6 is 11.6 Å². The number of hydrogen-bond acceptors (Lipinski definition) is 4. The average Bonchev–Trinajstić information content (AvgIpc) is 2.55. The Kier molecular flexibility index (Phi) is 5.80. The van der Waals surface area contributed by atoms with Gasteiger partial charge in [0.2, 0.25) is 0 Å². The second kappa shape index (κ2) is 8.05. The van der Waals surface area contributed by atoms with E-state index >= 15 is 0 Å². The van der Waals surface area contributed by atoms with Gasteiger partial charge in [-0.3, -0.25) is 4.79 Å². The van der Waals surface area contributed by atoms with E-state index < -0.39 is 0 Å². The molecule has 0 aliphatic carbocycles. The largest absolute Gasteiger partial charge is 0.493 e. The van der Waals surface area contributed by atoms with E-state index in [9.17, 15) is 4.79 Å². The maximum atomic E-state index is 11.7. The summed E-state index contributed by atoms with van der Waals surface area (Å²) in [5.74, 6) is 0.680. The number of carbonyl (C=O) groups is 1. The predicted octanol–water partition coefficient (Wildman–Crippen LogP) is 2.88. The SMILES string of the molecule is COc1ccccc1OCC(=O)N/N=C\c1ccccc1Cl. The number of halogens is 1. The predicted molar refractivity (Wildman–Crippen MR) is 85.7 cm³/mol. The molecule has 0 aromatic heterocycles. The lowest BCUT2D eigenvalue weighted by Gasteiger charge is -2.09. The standard InChI is InChI=1S/C16H15ClN2O3/c1-21-14-8-4-5-9-15(14)22-11-16(20)19-18-10-12-6-2-3-7-13(12)17/h2-10H,11H2,1H3,(H,19,20)/b18-10-. The minimum atomic E-state index is -0.380. The third kappa shape index (κ3) is 4.49. The van der Waals surface area contributed by atoms with E-state index in [1.165, 1.54) is 13.3 Å². The van der Waals surface area contributed by atoms with E-state index in [-0.39, 0.29) is 12.5 Å². The molecular formula is C16H15ClN2O3. The van der Waals surface area contributed by atoms with Crippen molar-refractivity contribution in [1.29, 1.82) is 0 Å². The van der Waals surface area contributed by atoms with Crippen molar-refractivity contribution in [1.82, 2.24) is 5.43 Å². The van der Waals surface area contributed by atoms with E-state index in [4.69, 9.17) is 21.1 Å². The molecule has 0 saturated carbocycles. The Morgan fingerprint density at radius 3 is 2.59 bits per heavy atom. The first-order valence-corrected chi connectivity index (χ1v) is 6.90. The second-order valence-corrected chi connectivity index (χ2v) is 4.66. The van der Waals surface area contributed by atoms with E-state index in [1.807, 2.05) is 18.2 Å². The van der Waals surface area contributed by atoms with Gasteiger partial charge in [0.15, 0.2) is 18.1 Å². The van der Waals surface area contributed by atoms with Crippen LogP contribution in [0.1, 0.15) is 5.56 Å². The highest BCUT2D eigenvalue weighted by Gasteiger charge is 2.05. The van der Waals surface area contributed by atoms with Crippen LogP contribution in [0, 0.1) is 0 Å². The van der Waals surface area contributed by atoms with Crippen molar-refractivity contribution in [3.63, 3.8) is 0 Å². The number of nitrogens with zero attached hydrogens (tertiary/aromatic N) is 1. The molecule has 0 atom stereocenters. The third-order valence-electron chi connectivity index (χ3n) is 2.73. The Bertz CT molecular complexity index is 674. The van der Waals surface area contributed by atoms with E-state index in [0.29, 0.717) is 16.5 Å². The van der Waals surface area contributed by atoms with Crippen LogP contribution < -0.4 is 14.9 Å². The van der Waals surface area contributed by atoms with Gasteiger partial charge >= 0.3 is 0 Å². The fourth-order valence-electron chi connectivity index (χ4n) is 1.67. The number of methoxy groups -OCH3 is 1. The summed E-state index contributed by atoms with van der Waals surface area (Å²) in [7, 11) is 1.54. The highest BCUT2D eigenvalue weighted by atomic mass is 35.5. The molecule has 0 saturated heterocycles. The highest BCUT2D eigenvalue weighted by molar-refractivity contribution is 6.33. The number of para-hydroxylation sites is 2. The van der Waals surface area contributed by atoms with Crippen molar-refractivity contribution in [2.24, 2.45) is 5.10 Å². The van der Waals surface area contributed by atoms with E-state index in [2.05, 4.69) is 10.5 Å². The molecule has 0 heterocycles. The lowest BCUT2D eigenvalue weighted by Crippen LogP contribution is -2.24. The van der Waals surface area contributed by atoms with Crippen LogP contribution in [0.2, 0.25) is 5.02 Å². The molecule has 2 aromatic rings. The minimum Gasteiger partial charge on any atom is -0.493 e. The molecule has 2 rings (SSSR count). The molecule has 1 N–H and O–H groups in total. The molecule has 0 spiro atoms. The van der Waals surface area contributed by atoms with E-state index in [1.54, 1.807) is 30.3 Å². The van der Waals surface area contributed by atoms with Gasteiger partial charge < -0.3 is 9.47 Å². The molecule has 2 aromatic carbocycles. The van der Waals surface area contributed by atoms with Crippen LogP contribution in [0.4, 0.5) is 0 Å². The van der Waals surface area contributed by atoms with Crippen molar-refractivity contribution in [2.45, 2.75) is 0 Å². The van der Waals surface area contributed by atoms with Gasteiger partial charge in [0.05, 0.1) is 13.3 Å². The molecule has 0 aliphatic heterocycles. The summed E-state index contributed by atoms with van der Waals surface area (Å²) in [5, 5.41) is 4.40. The molecule has 0 aliphatic rings. The Hall–Kier alpha value is -2.53. The number of benzene rings is 2. The van der Waals surface area contributed by atoms with Crippen LogP contribution in [0.3, 0.4) is 0 Å². The number of amides is 1. The van der Waals surface area contributed by atoms with Gasteiger partial charge in [-0.05, 0) is 18.2 Å². The maximum absolute atomic E-state index is 11.7. The van der Waals surface area contributed by atoms with Gasteiger partial charge in [-0.2, -0.15) is 5.10 Å². The first-order valence-electron chi connectivity index (χ1n) is 6.53. The molecule has 5 nitrogen and oxygen atoms in total. The minimum absolute atomic E-state index is 0.166. The first-order chi connectivity index (χ1) is 10.7. The van der Waals surface area contributed by atoms with Gasteiger partial charge in [-0.1, -0.05) is 41.9 Å². The van der Waals surface area contributed by atoms with Crippen molar-refractivity contribution >= 4 is 23.7 Å². The van der Waals surface area contributed by atoms with Gasteiger partial charge in [-0.15, -0.1) is 0 Å². The molecular weight excluding hydrogens is 304 g/mol. The number of hydrazone groups is 1. The number of carbonyl (C=O) groups excluding carboxylic acids is 1. The molecule has 114 valence electrons. The van der Waals surface area contributed by atoms with Gasteiger partial charge in [0, 0.05) is 10.6 Å². The summed E-state index contributed by atoms with van der Waals surface area (Å²) in [6, 6.07) is 14.3. The first kappa shape index (κ1) is 15.9. The maximum Gasteiger partial charge on any atom is 0.277 e. The number of nitrogens with one attached hydrogen (secondary N) is 1. The summed E-state index contributed by atoms with van der Waals surface area (Å²) < 4.78 is 10.5. The van der Waals surface area contributed by atoms with Gasteiger partial charge in [0.1, 0.15) is 0 Å². The van der Waals surface area contributed by atoms with Crippen LogP contribution in [-0.2, 0) is 4.79 Å². The number of ether oxygens (including phenoxy) is 2. The van der Waals surface area contributed by atoms with Crippen LogP contribution in [0.15, 0.2) is 53.6 Å². The summed E-state index contributed by atoms with van der Waals surface area (Å²) in [6.07, 6.45) is 1.48. The Balaban J connectivity index is 1.85. The van der Waals surface area contributed by atoms with Crippen LogP contribution in [0.25, 0.3) is 0 Å². The quantitative estimate of drug-likeness (QED) is 0.658. The van der Waals surface area contributed by atoms with Crippen LogP contribution in [0.5, 0.6) is 11.5 Å². The fourth-order valence-corrected chi connectivity index (χ4v) is 1.85. The van der Waals surface area contributed by atoms with Crippen molar-refractivity contribution < 1.29 is 14.3 Å². The smallest absolute Gasteiger partial charge is 0.277 e. The van der Waals surface area contributed by atoms with Crippen molar-refractivity contribution in [3.8, 4) is 11.5 Å². The zero-order chi connectivity index (χ0) is 15.8. The molecule has 0 bridgehead atoms. The highest BCUT2D eigenvalue weighted by Crippen LogP contribution is 2.25. The summed E-state index contributed by atoms with van der Waals surface area (Å²) in [4.78, 5) is 11.7. The Morgan fingerprint density at radius 1 is 1.18 bits per heavy atom. The van der Waals surface area contributed by atoms with Crippen LogP contribution in [-0.4, -0.2) is 25.8 Å². The number of rotatable bonds is 6. The summed E-state index contributed by atoms with van der Waals surface area (Å²) >= 11 is 5.97. The molecule has 6 heteroatoms. The fraction of sp³-hybridized carbons (Fsp3) is 0.125. The van der Waals surface area contributed by atoms with Gasteiger partial charge in [0.25, 0.3) is 5.91 Å². The average molecular weight is 319 g/mol. The molecule has 0 unspecified atom stereocenters. The second-order valence-electron chi connectivity index (χ2n) is 4.25.